The summed E-state index contributed by atoms with van der Waals surface area (Å²) in [4.78, 5) is 22.5. The first-order valence-corrected chi connectivity index (χ1v) is 13.1. The smallest absolute Gasteiger partial charge is 0.351 e. The van der Waals surface area contributed by atoms with Gasteiger partial charge in [0.2, 0.25) is 21.8 Å². The number of aromatic nitrogens is 3. The second-order valence-electron chi connectivity index (χ2n) is 9.03. The average Bonchev–Trinajstić information content (AvgIpc) is 3.21. The van der Waals surface area contributed by atoms with Gasteiger partial charge < -0.3 is 5.32 Å². The molecule has 0 saturated carbocycles. The van der Waals surface area contributed by atoms with E-state index in [0.717, 1.165) is 30.3 Å². The quantitative estimate of drug-likeness (QED) is 0.413. The van der Waals surface area contributed by atoms with Gasteiger partial charge in [-0.1, -0.05) is 0 Å². The molecule has 1 fully saturated rings. The largest absolute Gasteiger partial charge is 0.451 e. The second kappa shape index (κ2) is 10.9. The molecular weight excluding hydrogens is 590 g/mol. The number of alkyl halides is 7. The Morgan fingerprint density at radius 3 is 2.17 bits per heavy atom. The summed E-state index contributed by atoms with van der Waals surface area (Å²) in [6, 6.07) is 1.46. The van der Waals surface area contributed by atoms with E-state index in [4.69, 9.17) is 0 Å². The summed E-state index contributed by atoms with van der Waals surface area (Å²) < 4.78 is 134. The molecule has 1 aromatic carbocycles. The lowest BCUT2D eigenvalue weighted by Gasteiger charge is -2.27. The molecule has 1 amide bonds. The fraction of sp³-hybridized carbons (Fsp3) is 0.333. The number of nitrogens with zero attached hydrogens (tertiary/aromatic N) is 4. The first-order chi connectivity index (χ1) is 19.0. The molecule has 0 bridgehead atoms. The number of benzene rings is 1. The van der Waals surface area contributed by atoms with Gasteiger partial charge in [0.1, 0.15) is 18.0 Å². The maximum absolute atomic E-state index is 14.6. The molecule has 1 aliphatic rings. The highest BCUT2D eigenvalue weighted by Gasteiger charge is 2.49. The van der Waals surface area contributed by atoms with Crippen LogP contribution in [0.25, 0.3) is 11.3 Å². The summed E-state index contributed by atoms with van der Waals surface area (Å²) in [7, 11) is -4.52. The van der Waals surface area contributed by atoms with E-state index in [1.807, 2.05) is 0 Å². The van der Waals surface area contributed by atoms with E-state index in [9.17, 15) is 48.3 Å². The zero-order valence-electron chi connectivity index (χ0n) is 20.7. The first kappa shape index (κ1) is 30.2. The standard InChI is InChI=1S/C24H19F8N5O3S/c1-12-18(26)7-20(37(12)41(39,40)16-4-2-15(25)3-5-16)21(38)34-8-13-6-19(33-11-17(13)23(27,28)29)14-9-35-22(36-10-14)24(30,31)32/h2-6,9-12,18,20H,7-8H2,1H3,(H,34,38)/t12-,18?,20-/m0/s1. The zero-order chi connectivity index (χ0) is 30.3. The van der Waals surface area contributed by atoms with Gasteiger partial charge in [0.25, 0.3) is 0 Å². The molecule has 17 heteroatoms. The molecule has 1 unspecified atom stereocenters. The van der Waals surface area contributed by atoms with Gasteiger partial charge in [-0.3, -0.25) is 9.78 Å². The number of carbonyl (C=O) groups excluding carboxylic acids is 1. The Labute approximate surface area is 227 Å². The third-order valence-electron chi connectivity index (χ3n) is 6.32. The number of halogens is 8. The van der Waals surface area contributed by atoms with E-state index in [0.29, 0.717) is 22.9 Å². The first-order valence-electron chi connectivity index (χ1n) is 11.7. The molecule has 3 atom stereocenters. The Morgan fingerprint density at radius 2 is 1.61 bits per heavy atom. The fourth-order valence-electron chi connectivity index (χ4n) is 4.26. The van der Waals surface area contributed by atoms with Crippen LogP contribution in [-0.4, -0.2) is 51.8 Å². The van der Waals surface area contributed by atoms with Gasteiger partial charge in [-0.05, 0) is 42.8 Å². The molecule has 8 nitrogen and oxygen atoms in total. The lowest BCUT2D eigenvalue weighted by atomic mass is 10.1. The molecule has 0 radical (unpaired) electrons. The van der Waals surface area contributed by atoms with Crippen LogP contribution in [0.5, 0.6) is 0 Å². The Hall–Kier alpha value is -3.73. The second-order valence-corrected chi connectivity index (χ2v) is 10.9. The normalized spacial score (nSPS) is 20.3. The Kier molecular flexibility index (Phi) is 8.05. The van der Waals surface area contributed by atoms with E-state index in [1.165, 1.54) is 6.92 Å². The average molecular weight is 609 g/mol. The molecular formula is C24H19F8N5O3S. The molecule has 4 rings (SSSR count). The molecule has 2 aromatic heterocycles. The van der Waals surface area contributed by atoms with Crippen molar-refractivity contribution in [2.24, 2.45) is 0 Å². The topological polar surface area (TPSA) is 105 Å². The Morgan fingerprint density at radius 1 is 1.00 bits per heavy atom. The van der Waals surface area contributed by atoms with Gasteiger partial charge in [-0.15, -0.1) is 0 Å². The molecule has 0 aliphatic carbocycles. The van der Waals surface area contributed by atoms with Gasteiger partial charge in [-0.25, -0.2) is 27.2 Å². The van der Waals surface area contributed by atoms with E-state index >= 15 is 0 Å². The van der Waals surface area contributed by atoms with Crippen molar-refractivity contribution in [2.75, 3.05) is 0 Å². The van der Waals surface area contributed by atoms with E-state index in [1.54, 1.807) is 0 Å². The number of hydrogen-bond acceptors (Lipinski definition) is 6. The minimum atomic E-state index is -4.95. The predicted molar refractivity (Wildman–Crippen MR) is 125 cm³/mol. The molecule has 1 N–H and O–H groups in total. The third-order valence-corrected chi connectivity index (χ3v) is 8.33. The molecule has 3 heterocycles. The molecule has 220 valence electrons. The summed E-state index contributed by atoms with van der Waals surface area (Å²) in [5.74, 6) is -3.32. The van der Waals surface area contributed by atoms with Crippen molar-refractivity contribution < 1.29 is 48.3 Å². The van der Waals surface area contributed by atoms with Gasteiger partial charge in [0.15, 0.2) is 0 Å². The number of sulfonamides is 1. The zero-order valence-corrected chi connectivity index (χ0v) is 21.5. The lowest BCUT2D eigenvalue weighted by Crippen LogP contribution is -2.48. The highest BCUT2D eigenvalue weighted by molar-refractivity contribution is 7.89. The Bertz CT molecular complexity index is 1530. The van der Waals surface area contributed by atoms with Gasteiger partial charge in [-0.2, -0.15) is 30.6 Å². The van der Waals surface area contributed by atoms with E-state index < -0.39 is 87.2 Å². The SMILES string of the molecule is C[C@H]1C(F)C[C@@H](C(=O)NCc2cc(-c3cnc(C(F)(F)F)nc3)ncc2C(F)(F)F)N1S(=O)(=O)c1ccc(F)cc1. The summed E-state index contributed by atoms with van der Waals surface area (Å²) in [5, 5.41) is 2.19. The fourth-order valence-corrected chi connectivity index (χ4v) is 6.07. The summed E-state index contributed by atoms with van der Waals surface area (Å²) in [6.07, 6.45) is -10.3. The van der Waals surface area contributed by atoms with Gasteiger partial charge >= 0.3 is 12.4 Å². The van der Waals surface area contributed by atoms with Crippen molar-refractivity contribution in [3.63, 3.8) is 0 Å². The maximum Gasteiger partial charge on any atom is 0.451 e. The number of nitrogens with one attached hydrogen (secondary N) is 1. The van der Waals surface area contributed by atoms with Gasteiger partial charge in [0.05, 0.1) is 22.2 Å². The van der Waals surface area contributed by atoms with Crippen molar-refractivity contribution in [2.45, 2.75) is 55.4 Å². The number of amides is 1. The highest BCUT2D eigenvalue weighted by atomic mass is 32.2. The third kappa shape index (κ3) is 6.29. The minimum absolute atomic E-state index is 0.152. The summed E-state index contributed by atoms with van der Waals surface area (Å²) in [5.41, 5.74) is -2.24. The van der Waals surface area contributed by atoms with Gasteiger partial charge in [0, 0.05) is 37.1 Å². The summed E-state index contributed by atoms with van der Waals surface area (Å²) in [6.45, 7) is 0.388. The van der Waals surface area contributed by atoms with Crippen LogP contribution in [0.1, 0.15) is 30.3 Å². The summed E-state index contributed by atoms with van der Waals surface area (Å²) >= 11 is 0. The van der Waals surface area contributed by atoms with Crippen LogP contribution >= 0.6 is 0 Å². The Balaban J connectivity index is 1.61. The van der Waals surface area contributed by atoms with Crippen molar-refractivity contribution in [1.82, 2.24) is 24.6 Å². The van der Waals surface area contributed by atoms with Crippen LogP contribution in [0.2, 0.25) is 0 Å². The number of carbonyl (C=O) groups is 1. The maximum atomic E-state index is 14.6. The van der Waals surface area contributed by atoms with Crippen LogP contribution in [-0.2, 0) is 33.7 Å². The van der Waals surface area contributed by atoms with Crippen LogP contribution in [0.4, 0.5) is 35.1 Å². The molecule has 41 heavy (non-hydrogen) atoms. The molecule has 1 saturated heterocycles. The van der Waals surface area contributed by atoms with Crippen LogP contribution < -0.4 is 5.32 Å². The number of pyridine rings is 1. The van der Waals surface area contributed by atoms with Crippen LogP contribution in [0, 0.1) is 5.82 Å². The monoisotopic (exact) mass is 609 g/mol. The van der Waals surface area contributed by atoms with Crippen molar-refractivity contribution >= 4 is 15.9 Å². The van der Waals surface area contributed by atoms with Crippen molar-refractivity contribution in [1.29, 1.82) is 0 Å². The van der Waals surface area contributed by atoms with Crippen molar-refractivity contribution in [3.8, 4) is 11.3 Å². The lowest BCUT2D eigenvalue weighted by molar-refractivity contribution is -0.145. The van der Waals surface area contributed by atoms with E-state index in [2.05, 4.69) is 20.3 Å². The van der Waals surface area contributed by atoms with E-state index in [-0.39, 0.29) is 11.3 Å². The molecule has 3 aromatic rings. The molecule has 1 aliphatic heterocycles. The molecule has 0 spiro atoms. The van der Waals surface area contributed by atoms with Crippen molar-refractivity contribution in [3.05, 3.63) is 71.7 Å². The number of rotatable bonds is 6. The number of hydrogen-bond donors (Lipinski definition) is 1. The van der Waals surface area contributed by atoms with Crippen LogP contribution in [0.3, 0.4) is 0 Å². The minimum Gasteiger partial charge on any atom is -0.351 e. The van der Waals surface area contributed by atoms with Crippen LogP contribution in [0.15, 0.2) is 53.8 Å². The predicted octanol–water partition coefficient (Wildman–Crippen LogP) is 4.52. The highest BCUT2D eigenvalue weighted by Crippen LogP contribution is 2.35.